The maximum Gasteiger partial charge on any atom is 0.482 e. The molecule has 2 aliphatic heterocycles. The summed E-state index contributed by atoms with van der Waals surface area (Å²) < 4.78 is 12.1. The Balaban J connectivity index is 2.11. The largest absolute Gasteiger partial charge is 0.482 e. The van der Waals surface area contributed by atoms with Gasteiger partial charge in [-0.3, -0.25) is 4.79 Å². The molecule has 2 heterocycles. The van der Waals surface area contributed by atoms with Gasteiger partial charge < -0.3 is 14.2 Å². The van der Waals surface area contributed by atoms with Crippen molar-refractivity contribution < 1.29 is 14.1 Å². The monoisotopic (exact) mass is 317 g/mol. The van der Waals surface area contributed by atoms with E-state index in [4.69, 9.17) is 9.31 Å². The molecule has 2 fully saturated rings. The van der Waals surface area contributed by atoms with Crippen molar-refractivity contribution in [1.29, 1.82) is 0 Å². The van der Waals surface area contributed by atoms with Gasteiger partial charge in [0.15, 0.2) is 0 Å². The molecule has 0 aromatic carbocycles. The van der Waals surface area contributed by atoms with E-state index in [1.165, 1.54) is 0 Å². The highest BCUT2D eigenvalue weighted by molar-refractivity contribution is 9.09. The van der Waals surface area contributed by atoms with Crippen LogP contribution in [0.4, 0.5) is 0 Å². The number of carbonyl (C=O) groups is 1. The minimum atomic E-state index is -0.330. The Labute approximate surface area is 118 Å². The molecule has 0 aromatic heterocycles. The molecule has 1 atom stereocenters. The average molecular weight is 318 g/mol. The van der Waals surface area contributed by atoms with Gasteiger partial charge in [0.25, 0.3) is 0 Å². The summed E-state index contributed by atoms with van der Waals surface area (Å²) in [5.41, 5.74) is -0.660. The lowest BCUT2D eigenvalue weighted by Gasteiger charge is -2.32. The zero-order valence-corrected chi connectivity index (χ0v) is 13.1. The summed E-state index contributed by atoms with van der Waals surface area (Å²) >= 11 is 3.23. The van der Waals surface area contributed by atoms with Crippen LogP contribution >= 0.6 is 15.9 Å². The van der Waals surface area contributed by atoms with Crippen molar-refractivity contribution in [2.45, 2.75) is 57.7 Å². The Morgan fingerprint density at radius 3 is 2.39 bits per heavy atom. The van der Waals surface area contributed by atoms with Gasteiger partial charge in [-0.2, -0.15) is 0 Å². The molecule has 0 bridgehead atoms. The van der Waals surface area contributed by atoms with E-state index in [9.17, 15) is 4.79 Å². The highest BCUT2D eigenvalue weighted by atomic mass is 79.9. The van der Waals surface area contributed by atoms with E-state index in [0.29, 0.717) is 5.33 Å². The number of likely N-dealkylation sites (tertiary alicyclic amines) is 1. The standard InChI is InChI=1S/C12H21BBrNO3/c1-11(2)12(3,4)18-13(17-11)9-6-5-7-15(9)10(16)8-14/h9H,5-8H2,1-4H3. The average Bonchev–Trinajstić information content (AvgIpc) is 2.81. The lowest BCUT2D eigenvalue weighted by Crippen LogP contribution is -2.47. The number of carbonyl (C=O) groups excluding carboxylic acids is 1. The second-order valence-electron chi connectivity index (χ2n) is 6.06. The van der Waals surface area contributed by atoms with Crippen LogP contribution < -0.4 is 0 Å². The van der Waals surface area contributed by atoms with Crippen LogP contribution in [0.3, 0.4) is 0 Å². The molecule has 6 heteroatoms. The van der Waals surface area contributed by atoms with Gasteiger partial charge in [-0.25, -0.2) is 0 Å². The van der Waals surface area contributed by atoms with Crippen molar-refractivity contribution >= 4 is 29.0 Å². The molecule has 0 aliphatic carbocycles. The molecule has 0 radical (unpaired) electrons. The van der Waals surface area contributed by atoms with Crippen LogP contribution in [-0.2, 0) is 14.1 Å². The van der Waals surface area contributed by atoms with Crippen LogP contribution in [0, 0.1) is 0 Å². The maximum absolute atomic E-state index is 11.9. The molecule has 2 aliphatic rings. The molecule has 0 spiro atoms. The van der Waals surface area contributed by atoms with Crippen molar-refractivity contribution in [1.82, 2.24) is 4.90 Å². The molecule has 1 amide bonds. The molecule has 0 N–H and O–H groups in total. The van der Waals surface area contributed by atoms with Gasteiger partial charge >= 0.3 is 7.12 Å². The molecule has 4 nitrogen and oxygen atoms in total. The summed E-state index contributed by atoms with van der Waals surface area (Å²) in [6.45, 7) is 8.97. The van der Waals surface area contributed by atoms with Crippen molar-refractivity contribution in [2.75, 3.05) is 11.9 Å². The fourth-order valence-electron chi connectivity index (χ4n) is 2.51. The first-order chi connectivity index (χ1) is 8.28. The van der Waals surface area contributed by atoms with Crippen LogP contribution in [0.1, 0.15) is 40.5 Å². The van der Waals surface area contributed by atoms with Crippen LogP contribution in [0.5, 0.6) is 0 Å². The summed E-state index contributed by atoms with van der Waals surface area (Å²) in [6.07, 6.45) is 1.98. The summed E-state index contributed by atoms with van der Waals surface area (Å²) in [5.74, 6) is 0.170. The minimum absolute atomic E-state index is 0.0519. The Kier molecular flexibility index (Phi) is 3.82. The van der Waals surface area contributed by atoms with E-state index in [0.717, 1.165) is 19.4 Å². The smallest absolute Gasteiger partial charge is 0.402 e. The normalized spacial score (nSPS) is 29.9. The summed E-state index contributed by atoms with van der Waals surface area (Å²) in [7, 11) is -0.305. The molecule has 0 saturated carbocycles. The van der Waals surface area contributed by atoms with Gasteiger partial charge in [0.2, 0.25) is 5.91 Å². The van der Waals surface area contributed by atoms with Gasteiger partial charge in [-0.15, -0.1) is 0 Å². The number of nitrogens with zero attached hydrogens (tertiary/aromatic N) is 1. The summed E-state index contributed by atoms with van der Waals surface area (Å²) in [4.78, 5) is 13.8. The molecule has 2 rings (SSSR count). The van der Waals surface area contributed by atoms with Crippen LogP contribution in [0.15, 0.2) is 0 Å². The van der Waals surface area contributed by atoms with E-state index in [-0.39, 0.29) is 30.2 Å². The third kappa shape index (κ3) is 2.34. The highest BCUT2D eigenvalue weighted by Crippen LogP contribution is 2.39. The number of hydrogen-bond donors (Lipinski definition) is 0. The predicted octanol–water partition coefficient (Wildman–Crippen LogP) is 2.00. The van der Waals surface area contributed by atoms with E-state index in [2.05, 4.69) is 15.9 Å². The first-order valence-electron chi connectivity index (χ1n) is 6.49. The fourth-order valence-corrected chi connectivity index (χ4v) is 2.83. The first kappa shape index (κ1) is 14.3. The molecule has 102 valence electrons. The minimum Gasteiger partial charge on any atom is -0.402 e. The van der Waals surface area contributed by atoms with Crippen LogP contribution in [0.25, 0.3) is 0 Å². The second kappa shape index (κ2) is 4.80. The van der Waals surface area contributed by atoms with Crippen molar-refractivity contribution in [3.8, 4) is 0 Å². The number of hydrogen-bond acceptors (Lipinski definition) is 3. The molecular formula is C12H21BBrNO3. The SMILES string of the molecule is CC1(C)OB(C2CCCN2C(=O)CBr)OC1(C)C. The Hall–Kier alpha value is -0.0651. The number of rotatable bonds is 2. The molecule has 18 heavy (non-hydrogen) atoms. The lowest BCUT2D eigenvalue weighted by molar-refractivity contribution is -0.128. The second-order valence-corrected chi connectivity index (χ2v) is 6.62. The summed E-state index contributed by atoms with van der Waals surface area (Å²) in [5, 5.41) is 0.364. The Morgan fingerprint density at radius 1 is 1.33 bits per heavy atom. The topological polar surface area (TPSA) is 38.8 Å². The van der Waals surface area contributed by atoms with Gasteiger partial charge in [0.1, 0.15) is 0 Å². The number of halogens is 1. The third-order valence-corrected chi connectivity index (χ3v) is 4.80. The highest BCUT2D eigenvalue weighted by Gasteiger charge is 2.56. The Bertz CT molecular complexity index is 332. The Morgan fingerprint density at radius 2 is 1.89 bits per heavy atom. The number of alkyl halides is 1. The predicted molar refractivity (Wildman–Crippen MR) is 74.6 cm³/mol. The number of amides is 1. The van der Waals surface area contributed by atoms with E-state index >= 15 is 0 Å². The van der Waals surface area contributed by atoms with Gasteiger partial charge in [0, 0.05) is 6.54 Å². The first-order valence-corrected chi connectivity index (χ1v) is 7.62. The van der Waals surface area contributed by atoms with Gasteiger partial charge in [-0.1, -0.05) is 15.9 Å². The van der Waals surface area contributed by atoms with E-state index in [1.54, 1.807) is 0 Å². The summed E-state index contributed by atoms with van der Waals surface area (Å²) in [6, 6.07) is 0. The van der Waals surface area contributed by atoms with E-state index in [1.807, 2.05) is 32.6 Å². The zero-order valence-electron chi connectivity index (χ0n) is 11.5. The van der Waals surface area contributed by atoms with Crippen molar-refractivity contribution in [3.05, 3.63) is 0 Å². The lowest BCUT2D eigenvalue weighted by atomic mass is 9.76. The maximum atomic E-state index is 11.9. The quantitative estimate of drug-likeness (QED) is 0.577. The molecular weight excluding hydrogens is 297 g/mol. The van der Waals surface area contributed by atoms with Crippen molar-refractivity contribution in [2.24, 2.45) is 0 Å². The fraction of sp³-hybridized carbons (Fsp3) is 0.917. The van der Waals surface area contributed by atoms with Gasteiger partial charge in [0.05, 0.1) is 22.5 Å². The third-order valence-electron chi connectivity index (χ3n) is 4.32. The van der Waals surface area contributed by atoms with E-state index < -0.39 is 0 Å². The van der Waals surface area contributed by atoms with Crippen LogP contribution in [-0.4, -0.2) is 46.9 Å². The zero-order chi connectivity index (χ0) is 13.6. The molecule has 2 saturated heterocycles. The van der Waals surface area contributed by atoms with Crippen LogP contribution in [0.2, 0.25) is 0 Å². The molecule has 1 unspecified atom stereocenters. The van der Waals surface area contributed by atoms with Gasteiger partial charge in [-0.05, 0) is 40.5 Å². The molecule has 0 aromatic rings. The van der Waals surface area contributed by atoms with Crippen molar-refractivity contribution in [3.63, 3.8) is 0 Å².